The molecule has 1 aromatic heterocycles. The van der Waals surface area contributed by atoms with Crippen LogP contribution in [0.2, 0.25) is 5.02 Å². The van der Waals surface area contributed by atoms with Crippen LogP contribution in [0.25, 0.3) is 11.0 Å². The number of halogens is 1. The second kappa shape index (κ2) is 5.96. The Balaban J connectivity index is 1.89. The van der Waals surface area contributed by atoms with Crippen LogP contribution in [-0.2, 0) is 0 Å². The van der Waals surface area contributed by atoms with Gasteiger partial charge in [-0.25, -0.2) is 0 Å². The fourth-order valence-electron chi connectivity index (χ4n) is 3.37. The Morgan fingerprint density at radius 3 is 2.59 bits per heavy atom. The highest BCUT2D eigenvalue weighted by Gasteiger charge is 2.28. The zero-order valence-corrected chi connectivity index (χ0v) is 14.1. The highest BCUT2D eigenvalue weighted by molar-refractivity contribution is 6.35. The molecule has 1 aliphatic carbocycles. The number of para-hydroxylation sites is 1. The molecule has 0 spiro atoms. The van der Waals surface area contributed by atoms with Crippen LogP contribution in [0.1, 0.15) is 48.7 Å². The Hall–Kier alpha value is -1.48. The standard InChI is InChI=1S/C18H22ClNO2/c1-11-7-9-13(10-8-11)20(3)18(21)16-12(2)14-5-4-6-15(19)17(14)22-16/h4-6,11,13H,7-10H2,1-3H3. The number of carbonyl (C=O) groups is 1. The Kier molecular flexibility index (Phi) is 4.18. The quantitative estimate of drug-likeness (QED) is 0.776. The van der Waals surface area contributed by atoms with E-state index in [0.717, 1.165) is 29.7 Å². The summed E-state index contributed by atoms with van der Waals surface area (Å²) >= 11 is 6.17. The van der Waals surface area contributed by atoms with Crippen LogP contribution in [0.3, 0.4) is 0 Å². The largest absolute Gasteiger partial charge is 0.449 e. The minimum atomic E-state index is -0.0377. The predicted octanol–water partition coefficient (Wildman–Crippen LogP) is 5.05. The first-order chi connectivity index (χ1) is 10.5. The summed E-state index contributed by atoms with van der Waals surface area (Å²) in [6.07, 6.45) is 4.52. The van der Waals surface area contributed by atoms with Gasteiger partial charge in [0.05, 0.1) is 5.02 Å². The molecule has 1 aliphatic rings. The SMILES string of the molecule is Cc1c(C(=O)N(C)C2CCC(C)CC2)oc2c(Cl)cccc12. The maximum absolute atomic E-state index is 12.8. The molecule has 1 aromatic carbocycles. The fraction of sp³-hybridized carbons (Fsp3) is 0.500. The monoisotopic (exact) mass is 319 g/mol. The second-order valence-electron chi connectivity index (χ2n) is 6.50. The molecule has 3 rings (SSSR count). The van der Waals surface area contributed by atoms with E-state index in [1.807, 2.05) is 31.0 Å². The van der Waals surface area contributed by atoms with Crippen LogP contribution in [0.4, 0.5) is 0 Å². The molecule has 118 valence electrons. The molecule has 0 saturated heterocycles. The maximum Gasteiger partial charge on any atom is 0.289 e. The molecule has 1 heterocycles. The van der Waals surface area contributed by atoms with E-state index < -0.39 is 0 Å². The van der Waals surface area contributed by atoms with Crippen molar-refractivity contribution < 1.29 is 9.21 Å². The zero-order chi connectivity index (χ0) is 15.9. The molecule has 0 aliphatic heterocycles. The van der Waals surface area contributed by atoms with Gasteiger partial charge in [-0.2, -0.15) is 0 Å². The first-order valence-corrected chi connectivity index (χ1v) is 8.31. The van der Waals surface area contributed by atoms with Gasteiger partial charge in [0.25, 0.3) is 5.91 Å². The molecular formula is C18H22ClNO2. The van der Waals surface area contributed by atoms with Crippen LogP contribution < -0.4 is 0 Å². The number of hydrogen-bond donors (Lipinski definition) is 0. The van der Waals surface area contributed by atoms with Crippen molar-refractivity contribution in [1.82, 2.24) is 4.90 Å². The van der Waals surface area contributed by atoms with E-state index in [1.54, 1.807) is 6.07 Å². The maximum atomic E-state index is 12.8. The number of fused-ring (bicyclic) bond motifs is 1. The van der Waals surface area contributed by atoms with Gasteiger partial charge in [0, 0.05) is 24.0 Å². The van der Waals surface area contributed by atoms with Crippen molar-refractivity contribution in [2.45, 2.75) is 45.6 Å². The Bertz CT molecular complexity index is 698. The number of carbonyl (C=O) groups excluding carboxylic acids is 1. The lowest BCUT2D eigenvalue weighted by Crippen LogP contribution is -2.39. The normalized spacial score (nSPS) is 22.0. The van der Waals surface area contributed by atoms with Gasteiger partial charge >= 0.3 is 0 Å². The molecular weight excluding hydrogens is 298 g/mol. The third kappa shape index (κ3) is 2.63. The smallest absolute Gasteiger partial charge is 0.289 e. The zero-order valence-electron chi connectivity index (χ0n) is 13.4. The average molecular weight is 320 g/mol. The van der Waals surface area contributed by atoms with Crippen LogP contribution in [0.15, 0.2) is 22.6 Å². The lowest BCUT2D eigenvalue weighted by Gasteiger charge is -2.33. The summed E-state index contributed by atoms with van der Waals surface area (Å²) in [6.45, 7) is 4.20. The van der Waals surface area contributed by atoms with E-state index in [9.17, 15) is 4.79 Å². The molecule has 1 saturated carbocycles. The molecule has 0 unspecified atom stereocenters. The van der Waals surface area contributed by atoms with Crippen molar-refractivity contribution >= 4 is 28.5 Å². The molecule has 4 heteroatoms. The van der Waals surface area contributed by atoms with Gasteiger partial charge < -0.3 is 9.32 Å². The molecule has 3 nitrogen and oxygen atoms in total. The first-order valence-electron chi connectivity index (χ1n) is 7.93. The van der Waals surface area contributed by atoms with Gasteiger partial charge in [-0.05, 0) is 44.6 Å². The van der Waals surface area contributed by atoms with E-state index in [-0.39, 0.29) is 5.91 Å². The van der Waals surface area contributed by atoms with Gasteiger partial charge in [-0.15, -0.1) is 0 Å². The van der Waals surface area contributed by atoms with Gasteiger partial charge in [0.1, 0.15) is 0 Å². The number of benzene rings is 1. The number of hydrogen-bond acceptors (Lipinski definition) is 2. The highest BCUT2D eigenvalue weighted by Crippen LogP contribution is 2.33. The van der Waals surface area contributed by atoms with Crippen LogP contribution in [0.5, 0.6) is 0 Å². The van der Waals surface area contributed by atoms with Gasteiger partial charge in [-0.3, -0.25) is 4.79 Å². The van der Waals surface area contributed by atoms with Crippen LogP contribution >= 0.6 is 11.6 Å². The average Bonchev–Trinajstić information content (AvgIpc) is 2.85. The van der Waals surface area contributed by atoms with Crippen molar-refractivity contribution in [3.05, 3.63) is 34.5 Å². The summed E-state index contributed by atoms with van der Waals surface area (Å²) in [4.78, 5) is 14.7. The summed E-state index contributed by atoms with van der Waals surface area (Å²) in [7, 11) is 1.89. The molecule has 0 radical (unpaired) electrons. The van der Waals surface area contributed by atoms with Crippen molar-refractivity contribution in [2.24, 2.45) is 5.92 Å². The van der Waals surface area contributed by atoms with Crippen molar-refractivity contribution in [1.29, 1.82) is 0 Å². The predicted molar refractivity (Wildman–Crippen MR) is 89.5 cm³/mol. The second-order valence-corrected chi connectivity index (χ2v) is 6.91. The number of furan rings is 1. The van der Waals surface area contributed by atoms with Crippen molar-refractivity contribution in [3.63, 3.8) is 0 Å². The summed E-state index contributed by atoms with van der Waals surface area (Å²) in [5.41, 5.74) is 1.48. The van der Waals surface area contributed by atoms with E-state index in [1.165, 1.54) is 12.8 Å². The third-order valence-corrected chi connectivity index (χ3v) is 5.26. The van der Waals surface area contributed by atoms with Crippen LogP contribution in [0, 0.1) is 12.8 Å². The Morgan fingerprint density at radius 1 is 1.27 bits per heavy atom. The molecule has 0 atom stereocenters. The molecule has 2 aromatic rings. The minimum absolute atomic E-state index is 0.0377. The fourth-order valence-corrected chi connectivity index (χ4v) is 3.58. The number of rotatable bonds is 2. The molecule has 22 heavy (non-hydrogen) atoms. The topological polar surface area (TPSA) is 33.5 Å². The number of nitrogens with zero attached hydrogens (tertiary/aromatic N) is 1. The van der Waals surface area contributed by atoms with Crippen molar-refractivity contribution in [3.8, 4) is 0 Å². The lowest BCUT2D eigenvalue weighted by molar-refractivity contribution is 0.0649. The van der Waals surface area contributed by atoms with E-state index >= 15 is 0 Å². The van der Waals surface area contributed by atoms with E-state index in [0.29, 0.717) is 22.4 Å². The van der Waals surface area contributed by atoms with Gasteiger partial charge in [0.15, 0.2) is 11.3 Å². The van der Waals surface area contributed by atoms with Crippen molar-refractivity contribution in [2.75, 3.05) is 7.05 Å². The molecule has 1 fully saturated rings. The third-order valence-electron chi connectivity index (χ3n) is 4.96. The summed E-state index contributed by atoms with van der Waals surface area (Å²) < 4.78 is 5.80. The highest BCUT2D eigenvalue weighted by atomic mass is 35.5. The Morgan fingerprint density at radius 2 is 1.95 bits per heavy atom. The van der Waals surface area contributed by atoms with Gasteiger partial charge in [0.2, 0.25) is 0 Å². The summed E-state index contributed by atoms with van der Waals surface area (Å²) in [6, 6.07) is 5.92. The van der Waals surface area contributed by atoms with Gasteiger partial charge in [-0.1, -0.05) is 30.7 Å². The molecule has 1 amide bonds. The lowest BCUT2D eigenvalue weighted by atomic mass is 9.86. The van der Waals surface area contributed by atoms with Crippen LogP contribution in [-0.4, -0.2) is 23.9 Å². The van der Waals surface area contributed by atoms with E-state index in [4.69, 9.17) is 16.0 Å². The molecule has 0 N–H and O–H groups in total. The van der Waals surface area contributed by atoms with E-state index in [2.05, 4.69) is 6.92 Å². The summed E-state index contributed by atoms with van der Waals surface area (Å²) in [5, 5.41) is 1.47. The summed E-state index contributed by atoms with van der Waals surface area (Å²) in [5.74, 6) is 1.15. The first kappa shape index (κ1) is 15.4. The minimum Gasteiger partial charge on any atom is -0.449 e. The Labute approximate surface area is 136 Å². The number of aryl methyl sites for hydroxylation is 1. The molecule has 0 bridgehead atoms. The number of amides is 1.